The fourth-order valence-electron chi connectivity index (χ4n) is 1.79. The Morgan fingerprint density at radius 1 is 0.810 bits per heavy atom. The molecular weight excluding hydrogens is 288 g/mol. The van der Waals surface area contributed by atoms with Crippen LogP contribution in [0.15, 0.2) is 0 Å². The van der Waals surface area contributed by atoms with Gasteiger partial charge in [0.15, 0.2) is 6.29 Å². The van der Waals surface area contributed by atoms with Gasteiger partial charge in [-0.15, -0.1) is 0 Å². The first-order valence-corrected chi connectivity index (χ1v) is 10.2. The predicted molar refractivity (Wildman–Crippen MR) is 85.9 cm³/mol. The lowest BCUT2D eigenvalue weighted by atomic mass is 10.5. The van der Waals surface area contributed by atoms with Gasteiger partial charge in [0.1, 0.15) is 5.73 Å². The van der Waals surface area contributed by atoms with E-state index < -0.39 is 14.5 Å². The molecule has 0 aliphatic carbocycles. The Kier molecular flexibility index (Phi) is 12.6. The Morgan fingerprint density at radius 3 is 1.71 bits per heavy atom. The van der Waals surface area contributed by atoms with Crippen LogP contribution in [0.3, 0.4) is 0 Å². The maximum atomic E-state index is 10.4. The summed E-state index contributed by atoms with van der Waals surface area (Å²) in [6.07, 6.45) is 3.51. The molecule has 128 valence electrons. The summed E-state index contributed by atoms with van der Waals surface area (Å²) < 4.78 is 23.6. The molecule has 0 amide bonds. The monoisotopic (exact) mass is 322 g/mol. The lowest BCUT2D eigenvalue weighted by Crippen LogP contribution is -2.58. The number of aliphatic hydroxyl groups excluding tert-OH is 1. The van der Waals surface area contributed by atoms with Crippen molar-refractivity contribution in [1.29, 1.82) is 0 Å². The molecule has 0 radical (unpaired) electrons. The third-order valence-electron chi connectivity index (χ3n) is 2.95. The molecule has 0 heterocycles. The summed E-state index contributed by atoms with van der Waals surface area (Å²) in [5, 5.41) is 10.4. The van der Waals surface area contributed by atoms with Crippen LogP contribution in [0.2, 0.25) is 0 Å². The molecular formula is C15H34O5Si. The van der Waals surface area contributed by atoms with Crippen LogP contribution < -0.4 is 0 Å². The summed E-state index contributed by atoms with van der Waals surface area (Å²) in [5.74, 6) is 0. The second kappa shape index (κ2) is 12.5. The second-order valence-electron chi connectivity index (χ2n) is 5.05. The number of rotatable bonds is 14. The van der Waals surface area contributed by atoms with E-state index in [0.717, 1.165) is 19.3 Å². The van der Waals surface area contributed by atoms with Crippen LogP contribution in [0.25, 0.3) is 0 Å². The quantitative estimate of drug-likeness (QED) is 0.393. The van der Waals surface area contributed by atoms with Crippen molar-refractivity contribution in [2.45, 2.75) is 78.7 Å². The summed E-state index contributed by atoms with van der Waals surface area (Å²) in [7, 11) is -3.14. The Bertz CT molecular complexity index is 232. The zero-order valence-corrected chi connectivity index (χ0v) is 15.4. The standard InChI is InChI=1S/C15H34O5Si/c1-6-11-17-15(10-5)20-21(14(16)9-4,18-12-7-2)19-13-8-3/h14-16H,6-13H2,1-5H3. The minimum atomic E-state index is -3.14. The van der Waals surface area contributed by atoms with E-state index in [2.05, 4.69) is 6.92 Å². The molecule has 0 saturated heterocycles. The van der Waals surface area contributed by atoms with E-state index in [1.807, 2.05) is 27.7 Å². The van der Waals surface area contributed by atoms with Crippen molar-refractivity contribution < 1.29 is 23.1 Å². The normalized spacial score (nSPS) is 15.1. The molecule has 0 aromatic carbocycles. The van der Waals surface area contributed by atoms with Crippen molar-refractivity contribution in [3.05, 3.63) is 0 Å². The van der Waals surface area contributed by atoms with Gasteiger partial charge in [0.2, 0.25) is 0 Å². The maximum Gasteiger partial charge on any atom is 0.533 e. The second-order valence-corrected chi connectivity index (χ2v) is 7.74. The maximum absolute atomic E-state index is 10.4. The van der Waals surface area contributed by atoms with Gasteiger partial charge in [-0.05, 0) is 32.1 Å². The van der Waals surface area contributed by atoms with Gasteiger partial charge in [0.25, 0.3) is 0 Å². The fourth-order valence-corrected chi connectivity index (χ4v) is 4.63. The van der Waals surface area contributed by atoms with Gasteiger partial charge >= 0.3 is 8.80 Å². The van der Waals surface area contributed by atoms with Crippen LogP contribution in [-0.4, -0.2) is 45.7 Å². The first kappa shape index (κ1) is 21.0. The Labute approximate surface area is 131 Å². The molecule has 0 aliphatic rings. The highest BCUT2D eigenvalue weighted by atomic mass is 28.4. The van der Waals surface area contributed by atoms with E-state index in [1.54, 1.807) is 0 Å². The number of ether oxygens (including phenoxy) is 1. The van der Waals surface area contributed by atoms with Gasteiger partial charge in [-0.1, -0.05) is 34.6 Å². The van der Waals surface area contributed by atoms with E-state index in [9.17, 15) is 5.11 Å². The summed E-state index contributed by atoms with van der Waals surface area (Å²) in [6, 6.07) is 0. The van der Waals surface area contributed by atoms with E-state index in [-0.39, 0.29) is 6.29 Å². The minimum absolute atomic E-state index is 0.383. The van der Waals surface area contributed by atoms with Gasteiger partial charge in [-0.2, -0.15) is 0 Å². The highest BCUT2D eigenvalue weighted by Gasteiger charge is 2.50. The molecule has 21 heavy (non-hydrogen) atoms. The van der Waals surface area contributed by atoms with E-state index in [0.29, 0.717) is 32.7 Å². The molecule has 0 rings (SSSR count). The van der Waals surface area contributed by atoms with Crippen molar-refractivity contribution >= 4 is 8.80 Å². The van der Waals surface area contributed by atoms with E-state index in [4.69, 9.17) is 18.0 Å². The average Bonchev–Trinajstić information content (AvgIpc) is 2.52. The third-order valence-corrected chi connectivity index (χ3v) is 5.98. The Morgan fingerprint density at radius 2 is 1.33 bits per heavy atom. The lowest BCUT2D eigenvalue weighted by Gasteiger charge is -2.35. The molecule has 0 aromatic heterocycles. The summed E-state index contributed by atoms with van der Waals surface area (Å²) in [6.45, 7) is 11.7. The number of hydrogen-bond acceptors (Lipinski definition) is 5. The zero-order chi connectivity index (χ0) is 16.1. The molecule has 0 aliphatic heterocycles. The molecule has 0 fully saturated rings. The third kappa shape index (κ3) is 7.72. The topological polar surface area (TPSA) is 57.2 Å². The Balaban J connectivity index is 5.00. The van der Waals surface area contributed by atoms with Crippen molar-refractivity contribution in [3.8, 4) is 0 Å². The summed E-state index contributed by atoms with van der Waals surface area (Å²) in [5.41, 5.74) is -0.713. The molecule has 2 unspecified atom stereocenters. The minimum Gasteiger partial charge on any atom is -0.389 e. The largest absolute Gasteiger partial charge is 0.533 e. The first-order valence-electron chi connectivity index (χ1n) is 8.35. The first-order chi connectivity index (χ1) is 10.1. The van der Waals surface area contributed by atoms with Gasteiger partial charge in [0.05, 0.1) is 0 Å². The molecule has 0 bridgehead atoms. The molecule has 5 nitrogen and oxygen atoms in total. The molecule has 0 spiro atoms. The van der Waals surface area contributed by atoms with Crippen LogP contribution in [-0.2, 0) is 18.0 Å². The average molecular weight is 323 g/mol. The molecule has 1 N–H and O–H groups in total. The SMILES string of the molecule is CCCOC(CC)O[Si](OCCC)(OCCC)C(O)CC. The smallest absolute Gasteiger partial charge is 0.389 e. The van der Waals surface area contributed by atoms with Crippen LogP contribution in [0.5, 0.6) is 0 Å². The molecule has 0 saturated carbocycles. The van der Waals surface area contributed by atoms with Crippen LogP contribution >= 0.6 is 0 Å². The van der Waals surface area contributed by atoms with Gasteiger partial charge in [0, 0.05) is 19.8 Å². The number of hydrogen-bond donors (Lipinski definition) is 1. The molecule has 6 heteroatoms. The zero-order valence-electron chi connectivity index (χ0n) is 14.4. The summed E-state index contributed by atoms with van der Waals surface area (Å²) >= 11 is 0. The Hall–Kier alpha value is 0.0169. The predicted octanol–water partition coefficient (Wildman–Crippen LogP) is 3.27. The van der Waals surface area contributed by atoms with Crippen molar-refractivity contribution in [3.63, 3.8) is 0 Å². The van der Waals surface area contributed by atoms with Gasteiger partial charge < -0.3 is 23.1 Å². The number of aliphatic hydroxyl groups is 1. The lowest BCUT2D eigenvalue weighted by molar-refractivity contribution is -0.131. The van der Waals surface area contributed by atoms with Crippen LogP contribution in [0.4, 0.5) is 0 Å². The highest BCUT2D eigenvalue weighted by Crippen LogP contribution is 2.22. The van der Waals surface area contributed by atoms with Gasteiger partial charge in [-0.3, -0.25) is 0 Å². The fraction of sp³-hybridized carbons (Fsp3) is 1.00. The van der Waals surface area contributed by atoms with Crippen LogP contribution in [0.1, 0.15) is 66.7 Å². The molecule has 0 aromatic rings. The van der Waals surface area contributed by atoms with E-state index in [1.165, 1.54) is 0 Å². The summed E-state index contributed by atoms with van der Waals surface area (Å²) in [4.78, 5) is 0. The van der Waals surface area contributed by atoms with E-state index >= 15 is 0 Å². The van der Waals surface area contributed by atoms with Gasteiger partial charge in [-0.25, -0.2) is 0 Å². The van der Waals surface area contributed by atoms with Crippen molar-refractivity contribution in [1.82, 2.24) is 0 Å². The van der Waals surface area contributed by atoms with Crippen molar-refractivity contribution in [2.24, 2.45) is 0 Å². The van der Waals surface area contributed by atoms with Crippen LogP contribution in [0, 0.1) is 0 Å². The van der Waals surface area contributed by atoms with Crippen molar-refractivity contribution in [2.75, 3.05) is 19.8 Å². The molecule has 2 atom stereocenters. The highest BCUT2D eigenvalue weighted by molar-refractivity contribution is 6.62.